The van der Waals surface area contributed by atoms with Gasteiger partial charge in [-0.1, -0.05) is 6.42 Å². The molecule has 1 aromatic carbocycles. The second-order valence-electron chi connectivity index (χ2n) is 8.97. The van der Waals surface area contributed by atoms with Crippen molar-refractivity contribution in [3.8, 4) is 5.75 Å². The van der Waals surface area contributed by atoms with E-state index in [0.717, 1.165) is 17.7 Å². The number of hydrogen-bond donors (Lipinski definition) is 1. The van der Waals surface area contributed by atoms with Gasteiger partial charge < -0.3 is 9.64 Å². The first-order valence-corrected chi connectivity index (χ1v) is 11.3. The number of benzene rings is 1. The Morgan fingerprint density at radius 3 is 2.57 bits per heavy atom. The molecular formula is C23H29N3O4. The van der Waals surface area contributed by atoms with Crippen LogP contribution in [0.5, 0.6) is 5.75 Å². The summed E-state index contributed by atoms with van der Waals surface area (Å²) >= 11 is 0. The Morgan fingerprint density at radius 2 is 1.77 bits per heavy atom. The first-order chi connectivity index (χ1) is 14.6. The minimum atomic E-state index is -0.579. The number of nitrogens with one attached hydrogen (secondary N) is 1. The summed E-state index contributed by atoms with van der Waals surface area (Å²) < 4.78 is 6.46. The Balaban J connectivity index is 1.30. The van der Waals surface area contributed by atoms with Gasteiger partial charge in [-0.05, 0) is 75.4 Å². The SMILES string of the molecule is O=C1CCC(N2Cc3cc(O[C@@H]4CCCC[C@H]4N4CCCC4)ccc3C2=O)C(=O)N1. The van der Waals surface area contributed by atoms with E-state index >= 15 is 0 Å². The number of rotatable bonds is 4. The number of carbonyl (C=O) groups excluding carboxylic acids is 3. The third kappa shape index (κ3) is 3.60. The van der Waals surface area contributed by atoms with Crippen molar-refractivity contribution < 1.29 is 19.1 Å². The van der Waals surface area contributed by atoms with Gasteiger partial charge in [0.05, 0.1) is 0 Å². The number of piperidine rings is 1. The first-order valence-electron chi connectivity index (χ1n) is 11.3. The second kappa shape index (κ2) is 8.02. The maximum Gasteiger partial charge on any atom is 0.255 e. The molecule has 7 heteroatoms. The highest BCUT2D eigenvalue weighted by Crippen LogP contribution is 2.33. The number of amides is 3. The fourth-order valence-electron chi connectivity index (χ4n) is 5.50. The number of likely N-dealkylation sites (tertiary alicyclic amines) is 1. The number of ether oxygens (including phenoxy) is 1. The molecule has 0 bridgehead atoms. The molecule has 0 aromatic heterocycles. The van der Waals surface area contributed by atoms with E-state index in [9.17, 15) is 14.4 Å². The fraction of sp³-hybridized carbons (Fsp3) is 0.609. The molecule has 1 unspecified atom stereocenters. The summed E-state index contributed by atoms with van der Waals surface area (Å²) in [5, 5.41) is 2.35. The molecule has 3 atom stereocenters. The molecule has 0 spiro atoms. The number of imide groups is 1. The summed E-state index contributed by atoms with van der Waals surface area (Å²) in [6.07, 6.45) is 8.12. The molecule has 5 rings (SSSR count). The molecule has 160 valence electrons. The Bertz CT molecular complexity index is 864. The van der Waals surface area contributed by atoms with Gasteiger partial charge in [-0.15, -0.1) is 0 Å². The van der Waals surface area contributed by atoms with Crippen molar-refractivity contribution in [1.29, 1.82) is 0 Å². The Hall–Kier alpha value is -2.41. The average Bonchev–Trinajstić information content (AvgIpc) is 3.37. The van der Waals surface area contributed by atoms with Crippen LogP contribution in [0.1, 0.15) is 67.3 Å². The molecule has 3 aliphatic heterocycles. The summed E-state index contributed by atoms with van der Waals surface area (Å²) in [4.78, 5) is 40.7. The third-order valence-corrected chi connectivity index (χ3v) is 7.06. The molecule has 0 radical (unpaired) electrons. The van der Waals surface area contributed by atoms with Crippen LogP contribution in [0.4, 0.5) is 0 Å². The van der Waals surface area contributed by atoms with E-state index < -0.39 is 6.04 Å². The maximum absolute atomic E-state index is 12.9. The first kappa shape index (κ1) is 19.5. The lowest BCUT2D eigenvalue weighted by Crippen LogP contribution is -2.52. The molecule has 7 nitrogen and oxygen atoms in total. The lowest BCUT2D eigenvalue weighted by molar-refractivity contribution is -0.136. The molecule has 3 heterocycles. The van der Waals surface area contributed by atoms with Crippen molar-refractivity contribution >= 4 is 17.7 Å². The van der Waals surface area contributed by atoms with Gasteiger partial charge in [0.15, 0.2) is 0 Å². The second-order valence-corrected chi connectivity index (χ2v) is 8.97. The van der Waals surface area contributed by atoms with E-state index in [0.29, 0.717) is 24.6 Å². The molecule has 3 fully saturated rings. The van der Waals surface area contributed by atoms with E-state index in [1.807, 2.05) is 18.2 Å². The van der Waals surface area contributed by atoms with Gasteiger partial charge in [-0.25, -0.2) is 0 Å². The highest BCUT2D eigenvalue weighted by Gasteiger charge is 2.39. The largest absolute Gasteiger partial charge is 0.489 e. The van der Waals surface area contributed by atoms with Crippen molar-refractivity contribution in [3.63, 3.8) is 0 Å². The predicted octanol–water partition coefficient (Wildman–Crippen LogP) is 2.23. The van der Waals surface area contributed by atoms with Crippen LogP contribution in [0.25, 0.3) is 0 Å². The summed E-state index contributed by atoms with van der Waals surface area (Å²) in [7, 11) is 0. The van der Waals surface area contributed by atoms with Crippen molar-refractivity contribution in [2.45, 2.75) is 76.1 Å². The fourth-order valence-corrected chi connectivity index (χ4v) is 5.50. The lowest BCUT2D eigenvalue weighted by atomic mass is 9.91. The van der Waals surface area contributed by atoms with Crippen molar-refractivity contribution in [2.75, 3.05) is 13.1 Å². The van der Waals surface area contributed by atoms with E-state index in [2.05, 4.69) is 10.2 Å². The molecule has 2 saturated heterocycles. The van der Waals surface area contributed by atoms with Gasteiger partial charge in [-0.2, -0.15) is 0 Å². The molecular weight excluding hydrogens is 382 g/mol. The number of fused-ring (bicyclic) bond motifs is 1. The number of hydrogen-bond acceptors (Lipinski definition) is 5. The number of carbonyl (C=O) groups is 3. The highest BCUT2D eigenvalue weighted by molar-refractivity contribution is 6.05. The smallest absolute Gasteiger partial charge is 0.255 e. The summed E-state index contributed by atoms with van der Waals surface area (Å²) in [5.41, 5.74) is 1.53. The highest BCUT2D eigenvalue weighted by atomic mass is 16.5. The van der Waals surface area contributed by atoms with E-state index in [-0.39, 0.29) is 30.2 Å². The van der Waals surface area contributed by atoms with Gasteiger partial charge in [0.2, 0.25) is 11.8 Å². The monoisotopic (exact) mass is 411 g/mol. The zero-order chi connectivity index (χ0) is 20.7. The van der Waals surface area contributed by atoms with Crippen LogP contribution in [0, 0.1) is 0 Å². The minimum Gasteiger partial charge on any atom is -0.489 e. The van der Waals surface area contributed by atoms with Crippen molar-refractivity contribution in [3.05, 3.63) is 29.3 Å². The third-order valence-electron chi connectivity index (χ3n) is 7.06. The van der Waals surface area contributed by atoms with E-state index in [1.54, 1.807) is 4.90 Å². The van der Waals surface area contributed by atoms with Crippen LogP contribution in [-0.4, -0.2) is 58.8 Å². The van der Waals surface area contributed by atoms with Crippen LogP contribution >= 0.6 is 0 Å². The van der Waals surface area contributed by atoms with Crippen LogP contribution in [0.2, 0.25) is 0 Å². The van der Waals surface area contributed by atoms with Crippen LogP contribution in [0.3, 0.4) is 0 Å². The van der Waals surface area contributed by atoms with Gasteiger partial charge >= 0.3 is 0 Å². The standard InChI is InChI=1S/C23H29N3O4/c27-21-10-9-19(22(28)24-21)26-14-15-13-16(7-8-17(15)23(26)29)30-20-6-2-1-5-18(20)25-11-3-4-12-25/h7-8,13,18-20H,1-6,9-12,14H2,(H,24,27,28)/t18-,19?,20-/m1/s1. The quantitative estimate of drug-likeness (QED) is 0.769. The van der Waals surface area contributed by atoms with Crippen LogP contribution in [0.15, 0.2) is 18.2 Å². The Kier molecular flexibility index (Phi) is 5.23. The minimum absolute atomic E-state index is 0.140. The van der Waals surface area contributed by atoms with Gasteiger partial charge in [0.25, 0.3) is 5.91 Å². The van der Waals surface area contributed by atoms with Crippen molar-refractivity contribution in [1.82, 2.24) is 15.1 Å². The Labute approximate surface area is 176 Å². The van der Waals surface area contributed by atoms with Gasteiger partial charge in [0.1, 0.15) is 17.9 Å². The van der Waals surface area contributed by atoms with Gasteiger partial charge in [-0.3, -0.25) is 24.6 Å². The maximum atomic E-state index is 12.9. The molecule has 1 aliphatic carbocycles. The summed E-state index contributed by atoms with van der Waals surface area (Å²) in [5.74, 6) is 0.0251. The van der Waals surface area contributed by atoms with Crippen LogP contribution in [-0.2, 0) is 16.1 Å². The lowest BCUT2D eigenvalue weighted by Gasteiger charge is -2.37. The zero-order valence-corrected chi connectivity index (χ0v) is 17.3. The molecule has 1 saturated carbocycles. The molecule has 1 N–H and O–H groups in total. The average molecular weight is 412 g/mol. The molecule has 30 heavy (non-hydrogen) atoms. The van der Waals surface area contributed by atoms with E-state index in [4.69, 9.17) is 4.74 Å². The molecule has 1 aromatic rings. The summed E-state index contributed by atoms with van der Waals surface area (Å²) in [6.45, 7) is 2.73. The van der Waals surface area contributed by atoms with E-state index in [1.165, 1.54) is 45.2 Å². The molecule has 3 amide bonds. The topological polar surface area (TPSA) is 79.0 Å². The normalized spacial score (nSPS) is 29.8. The van der Waals surface area contributed by atoms with Crippen LogP contribution < -0.4 is 10.1 Å². The number of nitrogens with zero attached hydrogens (tertiary/aromatic N) is 2. The predicted molar refractivity (Wildman–Crippen MR) is 110 cm³/mol. The summed E-state index contributed by atoms with van der Waals surface area (Å²) in [6, 6.07) is 5.59. The van der Waals surface area contributed by atoms with Crippen molar-refractivity contribution in [2.24, 2.45) is 0 Å². The van der Waals surface area contributed by atoms with Gasteiger partial charge in [0, 0.05) is 24.6 Å². The zero-order valence-electron chi connectivity index (χ0n) is 17.3. The molecule has 4 aliphatic rings. The Morgan fingerprint density at radius 1 is 0.967 bits per heavy atom.